The number of carbonyl (C=O) groups excluding carboxylic acids is 1. The number of ether oxygens (including phenoxy) is 2. The summed E-state index contributed by atoms with van der Waals surface area (Å²) in [4.78, 5) is 27.3. The molecule has 0 fully saturated rings. The van der Waals surface area contributed by atoms with Crippen molar-refractivity contribution in [2.45, 2.75) is 6.42 Å². The minimum atomic E-state index is -0.477. The number of hydrogen-bond donors (Lipinski definition) is 2. The maximum atomic E-state index is 13.2. The van der Waals surface area contributed by atoms with Crippen LogP contribution < -0.4 is 20.3 Å². The van der Waals surface area contributed by atoms with Crippen molar-refractivity contribution in [3.05, 3.63) is 69.8 Å². The standard InChI is InChI=1S/C20H19FN2O4/c1-26-16-6-7-17(27-2)18-15(16)11-13(20(25)23-18)8-9-22-19(24)12-4-3-5-14(21)10-12/h3-7,10-11H,8-9H2,1-2H3,(H,22,24)(H,23,25). The van der Waals surface area contributed by atoms with Crippen LogP contribution in [-0.4, -0.2) is 31.7 Å². The predicted molar refractivity (Wildman–Crippen MR) is 100 cm³/mol. The Bertz CT molecular complexity index is 1050. The molecule has 1 heterocycles. The van der Waals surface area contributed by atoms with Crippen LogP contribution in [0.25, 0.3) is 10.9 Å². The molecule has 7 heteroatoms. The quantitative estimate of drug-likeness (QED) is 0.699. The highest BCUT2D eigenvalue weighted by molar-refractivity contribution is 5.94. The third kappa shape index (κ3) is 3.92. The molecule has 1 amide bonds. The smallest absolute Gasteiger partial charge is 0.251 e. The molecule has 0 unspecified atom stereocenters. The molecule has 0 bridgehead atoms. The van der Waals surface area contributed by atoms with E-state index in [4.69, 9.17) is 9.47 Å². The van der Waals surface area contributed by atoms with Gasteiger partial charge in [-0.05, 0) is 42.8 Å². The average Bonchev–Trinajstić information content (AvgIpc) is 2.67. The number of hydrogen-bond acceptors (Lipinski definition) is 4. The Morgan fingerprint density at radius 3 is 2.56 bits per heavy atom. The van der Waals surface area contributed by atoms with Gasteiger partial charge in [0.25, 0.3) is 11.5 Å². The predicted octanol–water partition coefficient (Wildman–Crippen LogP) is 2.66. The normalized spacial score (nSPS) is 10.6. The molecule has 6 nitrogen and oxygen atoms in total. The summed E-state index contributed by atoms with van der Waals surface area (Å²) in [5.41, 5.74) is 1.01. The van der Waals surface area contributed by atoms with Gasteiger partial charge in [0.05, 0.1) is 19.7 Å². The molecule has 2 N–H and O–H groups in total. The summed E-state index contributed by atoms with van der Waals surface area (Å²) in [5, 5.41) is 3.40. The van der Waals surface area contributed by atoms with Crippen molar-refractivity contribution in [2.75, 3.05) is 20.8 Å². The van der Waals surface area contributed by atoms with Gasteiger partial charge in [-0.1, -0.05) is 6.07 Å². The molecule has 1 aromatic heterocycles. The van der Waals surface area contributed by atoms with Crippen LogP contribution >= 0.6 is 0 Å². The fraction of sp³-hybridized carbons (Fsp3) is 0.200. The number of benzene rings is 2. The molecule has 0 saturated carbocycles. The molecule has 0 aliphatic rings. The Balaban J connectivity index is 1.80. The summed E-state index contributed by atoms with van der Waals surface area (Å²) in [6, 6.07) is 10.6. The number of methoxy groups -OCH3 is 2. The van der Waals surface area contributed by atoms with Gasteiger partial charge in [-0.15, -0.1) is 0 Å². The second kappa shape index (κ2) is 7.90. The maximum absolute atomic E-state index is 13.2. The Kier molecular flexibility index (Phi) is 5.40. The van der Waals surface area contributed by atoms with E-state index in [1.54, 1.807) is 25.3 Å². The monoisotopic (exact) mass is 370 g/mol. The zero-order chi connectivity index (χ0) is 19.4. The van der Waals surface area contributed by atoms with Crippen LogP contribution in [0.5, 0.6) is 11.5 Å². The number of nitrogens with one attached hydrogen (secondary N) is 2. The van der Waals surface area contributed by atoms with E-state index in [9.17, 15) is 14.0 Å². The van der Waals surface area contributed by atoms with Crippen LogP contribution in [0.3, 0.4) is 0 Å². The minimum Gasteiger partial charge on any atom is -0.496 e. The molecule has 0 aliphatic carbocycles. The third-order valence-electron chi connectivity index (χ3n) is 4.22. The van der Waals surface area contributed by atoms with E-state index in [0.29, 0.717) is 34.4 Å². The van der Waals surface area contributed by atoms with Gasteiger partial charge in [-0.2, -0.15) is 0 Å². The Labute approximate surface area is 154 Å². The molecule has 2 aromatic carbocycles. The number of H-pyrrole nitrogens is 1. The molecule has 0 saturated heterocycles. The van der Waals surface area contributed by atoms with E-state index >= 15 is 0 Å². The van der Waals surface area contributed by atoms with Crippen LogP contribution in [-0.2, 0) is 6.42 Å². The van der Waals surface area contributed by atoms with Crippen molar-refractivity contribution in [3.8, 4) is 11.5 Å². The van der Waals surface area contributed by atoms with E-state index in [2.05, 4.69) is 10.3 Å². The molecule has 0 radical (unpaired) electrons. The van der Waals surface area contributed by atoms with Gasteiger partial charge in [0, 0.05) is 23.1 Å². The van der Waals surface area contributed by atoms with E-state index in [-0.39, 0.29) is 17.7 Å². The lowest BCUT2D eigenvalue weighted by Crippen LogP contribution is -2.27. The highest BCUT2D eigenvalue weighted by Gasteiger charge is 2.12. The van der Waals surface area contributed by atoms with Gasteiger partial charge >= 0.3 is 0 Å². The number of amides is 1. The lowest BCUT2D eigenvalue weighted by Gasteiger charge is -2.11. The first kappa shape index (κ1) is 18.4. The fourth-order valence-corrected chi connectivity index (χ4v) is 2.86. The number of halogens is 1. The van der Waals surface area contributed by atoms with E-state index < -0.39 is 11.7 Å². The molecule has 27 heavy (non-hydrogen) atoms. The maximum Gasteiger partial charge on any atom is 0.251 e. The van der Waals surface area contributed by atoms with Crippen LogP contribution in [0.4, 0.5) is 4.39 Å². The van der Waals surface area contributed by atoms with Crippen molar-refractivity contribution in [3.63, 3.8) is 0 Å². The number of aromatic nitrogens is 1. The zero-order valence-electron chi connectivity index (χ0n) is 15.0. The molecule has 0 spiro atoms. The van der Waals surface area contributed by atoms with Crippen molar-refractivity contribution in [1.82, 2.24) is 10.3 Å². The summed E-state index contributed by atoms with van der Waals surface area (Å²) in [7, 11) is 3.07. The van der Waals surface area contributed by atoms with Crippen molar-refractivity contribution in [1.29, 1.82) is 0 Å². The SMILES string of the molecule is COc1ccc(OC)c2[nH]c(=O)c(CCNC(=O)c3cccc(F)c3)cc12. The van der Waals surface area contributed by atoms with E-state index in [0.717, 1.165) is 6.07 Å². The second-order valence-electron chi connectivity index (χ2n) is 5.90. The first-order chi connectivity index (χ1) is 13.0. The third-order valence-corrected chi connectivity index (χ3v) is 4.22. The van der Waals surface area contributed by atoms with Crippen LogP contribution in [0, 0.1) is 5.82 Å². The number of aromatic amines is 1. The Hall–Kier alpha value is -3.35. The number of pyridine rings is 1. The molecular weight excluding hydrogens is 351 g/mol. The van der Waals surface area contributed by atoms with Gasteiger partial charge in [0.15, 0.2) is 0 Å². The van der Waals surface area contributed by atoms with E-state index in [1.807, 2.05) is 0 Å². The van der Waals surface area contributed by atoms with Crippen molar-refractivity contribution in [2.24, 2.45) is 0 Å². The summed E-state index contributed by atoms with van der Waals surface area (Å²) in [6.45, 7) is 0.232. The van der Waals surface area contributed by atoms with Crippen molar-refractivity contribution < 1.29 is 18.7 Å². The zero-order valence-corrected chi connectivity index (χ0v) is 15.0. The average molecular weight is 370 g/mol. The largest absolute Gasteiger partial charge is 0.496 e. The minimum absolute atomic E-state index is 0.230. The Morgan fingerprint density at radius 1 is 1.11 bits per heavy atom. The molecule has 0 atom stereocenters. The molecular formula is C20H19FN2O4. The fourth-order valence-electron chi connectivity index (χ4n) is 2.86. The molecule has 140 valence electrons. The van der Waals surface area contributed by atoms with Crippen molar-refractivity contribution >= 4 is 16.8 Å². The number of rotatable bonds is 6. The first-order valence-electron chi connectivity index (χ1n) is 8.34. The molecule has 0 aliphatic heterocycles. The topological polar surface area (TPSA) is 80.4 Å². The number of carbonyl (C=O) groups is 1. The highest BCUT2D eigenvalue weighted by atomic mass is 19.1. The summed E-state index contributed by atoms with van der Waals surface area (Å²) in [6.07, 6.45) is 0.312. The van der Waals surface area contributed by atoms with Gasteiger partial charge in [-0.25, -0.2) is 4.39 Å². The van der Waals surface area contributed by atoms with Gasteiger partial charge < -0.3 is 19.8 Å². The van der Waals surface area contributed by atoms with Crippen LogP contribution in [0.1, 0.15) is 15.9 Å². The highest BCUT2D eigenvalue weighted by Crippen LogP contribution is 2.31. The lowest BCUT2D eigenvalue weighted by molar-refractivity contribution is 0.0953. The van der Waals surface area contributed by atoms with Gasteiger partial charge in [-0.3, -0.25) is 9.59 Å². The molecule has 3 aromatic rings. The first-order valence-corrected chi connectivity index (χ1v) is 8.34. The second-order valence-corrected chi connectivity index (χ2v) is 5.90. The Morgan fingerprint density at radius 2 is 1.85 bits per heavy atom. The summed E-state index contributed by atoms with van der Waals surface area (Å²) >= 11 is 0. The van der Waals surface area contributed by atoms with Crippen LogP contribution in [0.15, 0.2) is 47.3 Å². The summed E-state index contributed by atoms with van der Waals surface area (Å²) in [5.74, 6) is 0.265. The summed E-state index contributed by atoms with van der Waals surface area (Å²) < 4.78 is 23.8. The molecule has 3 rings (SSSR count). The lowest BCUT2D eigenvalue weighted by atomic mass is 10.1. The van der Waals surface area contributed by atoms with Gasteiger partial charge in [0.2, 0.25) is 0 Å². The van der Waals surface area contributed by atoms with Crippen LogP contribution in [0.2, 0.25) is 0 Å². The van der Waals surface area contributed by atoms with E-state index in [1.165, 1.54) is 25.3 Å². The number of fused-ring (bicyclic) bond motifs is 1. The van der Waals surface area contributed by atoms with Gasteiger partial charge in [0.1, 0.15) is 17.3 Å².